The molecule has 0 heterocycles. The molecule has 0 saturated carbocycles. The van der Waals surface area contributed by atoms with Gasteiger partial charge in [-0.2, -0.15) is 0 Å². The minimum atomic E-state index is -1.01. The second-order valence-corrected chi connectivity index (χ2v) is 4.43. The molecule has 6 N–H and O–H groups in total. The predicted octanol–water partition coefficient (Wildman–Crippen LogP) is 0.202. The van der Waals surface area contributed by atoms with Crippen LogP contribution >= 0.6 is 0 Å². The van der Waals surface area contributed by atoms with Crippen molar-refractivity contribution in [2.75, 3.05) is 6.54 Å². The molecule has 106 valence electrons. The summed E-state index contributed by atoms with van der Waals surface area (Å²) in [6.45, 7) is 2.54. The summed E-state index contributed by atoms with van der Waals surface area (Å²) in [6.07, 6.45) is 4.22. The van der Waals surface area contributed by atoms with Crippen molar-refractivity contribution in [3.05, 3.63) is 0 Å². The van der Waals surface area contributed by atoms with Crippen LogP contribution in [-0.4, -0.2) is 35.6 Å². The third-order valence-corrected chi connectivity index (χ3v) is 2.77. The molecule has 0 aromatic rings. The van der Waals surface area contributed by atoms with Crippen LogP contribution in [0.5, 0.6) is 0 Å². The molecule has 0 fully saturated rings. The first-order chi connectivity index (χ1) is 8.52. The first-order valence-corrected chi connectivity index (χ1v) is 6.51. The Hall–Kier alpha value is -1.14. The maximum Gasteiger partial charge on any atom is 0.326 e. The number of hydrogen-bond donors (Lipinski definition) is 4. The lowest BCUT2D eigenvalue weighted by atomic mass is 10.1. The largest absolute Gasteiger partial charge is 0.480 e. The maximum atomic E-state index is 11.7. The molecule has 0 saturated heterocycles. The van der Waals surface area contributed by atoms with E-state index in [1.54, 1.807) is 0 Å². The maximum absolute atomic E-state index is 11.7. The molecule has 0 aliphatic carbocycles. The summed E-state index contributed by atoms with van der Waals surface area (Å²) in [5.74, 6) is -1.40. The molecule has 0 bridgehead atoms. The van der Waals surface area contributed by atoms with Crippen molar-refractivity contribution >= 4 is 11.9 Å². The molecule has 18 heavy (non-hydrogen) atoms. The van der Waals surface area contributed by atoms with Gasteiger partial charge in [-0.05, 0) is 25.8 Å². The Labute approximate surface area is 108 Å². The number of hydrogen-bond acceptors (Lipinski definition) is 4. The SMILES string of the molecule is CCCC[C@H](NC(=O)[C@@H](N)CCCCN)C(=O)O. The van der Waals surface area contributed by atoms with Gasteiger partial charge in [-0.1, -0.05) is 26.2 Å². The Kier molecular flexibility index (Phi) is 9.22. The molecule has 6 nitrogen and oxygen atoms in total. The van der Waals surface area contributed by atoms with Crippen LogP contribution < -0.4 is 16.8 Å². The number of nitrogens with one attached hydrogen (secondary N) is 1. The summed E-state index contributed by atoms with van der Waals surface area (Å²) in [4.78, 5) is 22.6. The van der Waals surface area contributed by atoms with Crippen molar-refractivity contribution in [1.29, 1.82) is 0 Å². The average molecular weight is 259 g/mol. The van der Waals surface area contributed by atoms with E-state index >= 15 is 0 Å². The Morgan fingerprint density at radius 2 is 1.89 bits per heavy atom. The van der Waals surface area contributed by atoms with Crippen molar-refractivity contribution < 1.29 is 14.7 Å². The van der Waals surface area contributed by atoms with Crippen molar-refractivity contribution in [2.45, 2.75) is 57.5 Å². The smallest absolute Gasteiger partial charge is 0.326 e. The van der Waals surface area contributed by atoms with Gasteiger partial charge in [0, 0.05) is 0 Å². The van der Waals surface area contributed by atoms with E-state index in [4.69, 9.17) is 16.6 Å². The number of carboxylic acid groups (broad SMARTS) is 1. The van der Waals surface area contributed by atoms with Gasteiger partial charge in [0.05, 0.1) is 6.04 Å². The molecular weight excluding hydrogens is 234 g/mol. The first kappa shape index (κ1) is 16.9. The van der Waals surface area contributed by atoms with Crippen LogP contribution in [0.2, 0.25) is 0 Å². The fourth-order valence-corrected chi connectivity index (χ4v) is 1.58. The Balaban J connectivity index is 4.10. The fraction of sp³-hybridized carbons (Fsp3) is 0.833. The lowest BCUT2D eigenvalue weighted by molar-refractivity contribution is -0.142. The fourth-order valence-electron chi connectivity index (χ4n) is 1.58. The molecule has 1 amide bonds. The second-order valence-electron chi connectivity index (χ2n) is 4.43. The van der Waals surface area contributed by atoms with Crippen LogP contribution in [0.25, 0.3) is 0 Å². The van der Waals surface area contributed by atoms with Gasteiger partial charge in [0.2, 0.25) is 5.91 Å². The van der Waals surface area contributed by atoms with Crippen LogP contribution in [0.15, 0.2) is 0 Å². The van der Waals surface area contributed by atoms with Crippen LogP contribution in [0.1, 0.15) is 45.4 Å². The highest BCUT2D eigenvalue weighted by Crippen LogP contribution is 2.03. The van der Waals surface area contributed by atoms with Crippen LogP contribution in [0, 0.1) is 0 Å². The van der Waals surface area contributed by atoms with Crippen LogP contribution in [-0.2, 0) is 9.59 Å². The molecule has 0 radical (unpaired) electrons. The number of carbonyl (C=O) groups excluding carboxylic acids is 1. The zero-order valence-electron chi connectivity index (χ0n) is 11.0. The number of amides is 1. The molecule has 0 aromatic heterocycles. The number of unbranched alkanes of at least 4 members (excludes halogenated alkanes) is 2. The quantitative estimate of drug-likeness (QED) is 0.418. The summed E-state index contributed by atoms with van der Waals surface area (Å²) in [6, 6.07) is -1.49. The van der Waals surface area contributed by atoms with E-state index in [1.165, 1.54) is 0 Å². The highest BCUT2D eigenvalue weighted by Gasteiger charge is 2.22. The van der Waals surface area contributed by atoms with Crippen molar-refractivity contribution in [3.8, 4) is 0 Å². The van der Waals surface area contributed by atoms with E-state index in [1.807, 2.05) is 6.92 Å². The first-order valence-electron chi connectivity index (χ1n) is 6.51. The normalized spacial score (nSPS) is 13.9. The topological polar surface area (TPSA) is 118 Å². The third-order valence-electron chi connectivity index (χ3n) is 2.77. The minimum absolute atomic E-state index is 0.393. The van der Waals surface area contributed by atoms with E-state index in [-0.39, 0.29) is 0 Å². The summed E-state index contributed by atoms with van der Waals surface area (Å²) >= 11 is 0. The minimum Gasteiger partial charge on any atom is -0.480 e. The number of carboxylic acids is 1. The van der Waals surface area contributed by atoms with Gasteiger partial charge in [-0.3, -0.25) is 4.79 Å². The monoisotopic (exact) mass is 259 g/mol. The molecule has 2 atom stereocenters. The number of carbonyl (C=O) groups is 2. The van der Waals surface area contributed by atoms with Gasteiger partial charge >= 0.3 is 5.97 Å². The van der Waals surface area contributed by atoms with Crippen LogP contribution in [0.3, 0.4) is 0 Å². The van der Waals surface area contributed by atoms with E-state index in [0.29, 0.717) is 19.4 Å². The van der Waals surface area contributed by atoms with E-state index in [9.17, 15) is 9.59 Å². The van der Waals surface area contributed by atoms with Crippen molar-refractivity contribution in [3.63, 3.8) is 0 Å². The van der Waals surface area contributed by atoms with Gasteiger partial charge < -0.3 is 21.9 Å². The van der Waals surface area contributed by atoms with Gasteiger partial charge in [-0.25, -0.2) is 4.79 Å². The summed E-state index contributed by atoms with van der Waals surface area (Å²) in [5.41, 5.74) is 11.0. The van der Waals surface area contributed by atoms with Gasteiger partial charge in [-0.15, -0.1) is 0 Å². The molecule has 0 aliphatic heterocycles. The standard InChI is InChI=1S/C12H25N3O3/c1-2-3-7-10(12(17)18)15-11(16)9(14)6-4-5-8-13/h9-10H,2-8,13-14H2,1H3,(H,15,16)(H,17,18)/t9-,10-/m0/s1. The lowest BCUT2D eigenvalue weighted by Gasteiger charge is -2.17. The van der Waals surface area contributed by atoms with Gasteiger partial charge in [0.1, 0.15) is 6.04 Å². The van der Waals surface area contributed by atoms with E-state index < -0.39 is 24.0 Å². The zero-order chi connectivity index (χ0) is 14.0. The third kappa shape index (κ3) is 7.24. The summed E-state index contributed by atoms with van der Waals surface area (Å²) < 4.78 is 0. The molecule has 0 unspecified atom stereocenters. The van der Waals surface area contributed by atoms with Gasteiger partial charge in [0.15, 0.2) is 0 Å². The lowest BCUT2D eigenvalue weighted by Crippen LogP contribution is -2.48. The number of aliphatic carboxylic acids is 1. The molecule has 0 aliphatic rings. The molecule has 0 rings (SSSR count). The Morgan fingerprint density at radius 3 is 2.39 bits per heavy atom. The summed E-state index contributed by atoms with van der Waals surface area (Å²) in [5, 5.41) is 11.5. The average Bonchev–Trinajstić information content (AvgIpc) is 2.33. The molecule has 0 aromatic carbocycles. The Bertz CT molecular complexity index is 259. The van der Waals surface area contributed by atoms with Gasteiger partial charge in [0.25, 0.3) is 0 Å². The van der Waals surface area contributed by atoms with Crippen LogP contribution in [0.4, 0.5) is 0 Å². The number of nitrogens with two attached hydrogens (primary N) is 2. The number of rotatable bonds is 10. The highest BCUT2D eigenvalue weighted by atomic mass is 16.4. The van der Waals surface area contributed by atoms with E-state index in [2.05, 4.69) is 5.32 Å². The van der Waals surface area contributed by atoms with Crippen molar-refractivity contribution in [1.82, 2.24) is 5.32 Å². The Morgan fingerprint density at radius 1 is 1.22 bits per heavy atom. The molecular formula is C12H25N3O3. The highest BCUT2D eigenvalue weighted by molar-refractivity contribution is 5.86. The second kappa shape index (κ2) is 9.85. The summed E-state index contributed by atoms with van der Waals surface area (Å²) in [7, 11) is 0. The molecule has 0 spiro atoms. The zero-order valence-corrected chi connectivity index (χ0v) is 11.0. The molecule has 6 heteroatoms. The van der Waals surface area contributed by atoms with E-state index in [0.717, 1.165) is 25.7 Å². The predicted molar refractivity (Wildman–Crippen MR) is 70.0 cm³/mol. The van der Waals surface area contributed by atoms with Crippen molar-refractivity contribution in [2.24, 2.45) is 11.5 Å².